The first kappa shape index (κ1) is 3.05. The van der Waals surface area contributed by atoms with Crippen molar-refractivity contribution in [1.82, 2.24) is 0 Å². The van der Waals surface area contributed by atoms with E-state index in [9.17, 15) is 0 Å². The van der Waals surface area contributed by atoms with E-state index in [1.165, 1.54) is 0 Å². The molecule has 1 aliphatic rings. The third-order valence-electron chi connectivity index (χ3n) is 0.236. The predicted octanol–water partition coefficient (Wildman–Crippen LogP) is -0.475. The van der Waals surface area contributed by atoms with Gasteiger partial charge < -0.3 is 0 Å². The molecule has 4 heavy (non-hydrogen) atoms. The van der Waals surface area contributed by atoms with E-state index in [4.69, 9.17) is 5.37 Å². The van der Waals surface area contributed by atoms with E-state index in [1.807, 2.05) is 0 Å². The molecule has 1 aliphatic heterocycles. The Morgan fingerprint density at radius 1 is 1.50 bits per heavy atom. The van der Waals surface area contributed by atoms with E-state index >= 15 is 0 Å². The Hall–Kier alpha value is 0.842. The predicted molar refractivity (Wildman–Crippen MR) is 12.8 cm³/mol. The van der Waals surface area contributed by atoms with Gasteiger partial charge in [0.1, 0.15) is 0 Å². The van der Waals surface area contributed by atoms with E-state index < -0.39 is 25.1 Å². The fourth-order valence-corrected chi connectivity index (χ4v) is 0.517. The summed E-state index contributed by atoms with van der Waals surface area (Å²) < 4.78 is 9.39. The zero-order chi connectivity index (χ0) is 2.83. The van der Waals surface area contributed by atoms with Gasteiger partial charge in [-0.15, -0.1) is 0 Å². The summed E-state index contributed by atoms with van der Waals surface area (Å²) >= 11 is -0.753. The molecule has 1 fully saturated rings. The molecule has 0 atom stereocenters. The summed E-state index contributed by atoms with van der Waals surface area (Å²) in [5, 5.41) is 0. The third kappa shape index (κ3) is 0.411. The van der Waals surface area contributed by atoms with Crippen molar-refractivity contribution in [3.05, 3.63) is 0 Å². The third-order valence-corrected chi connectivity index (χ3v) is 2.07. The van der Waals surface area contributed by atoms with Crippen LogP contribution in [0, 0.1) is 0 Å². The molecule has 0 unspecified atom stereocenters. The van der Waals surface area contributed by atoms with Crippen molar-refractivity contribution in [1.29, 1.82) is 0 Å². The monoisotopic (exact) mass is 254 g/mol. The SMILES string of the molecule is C1[O][Pb][O]1. The second-order valence-electron chi connectivity index (χ2n) is 0.490. The van der Waals surface area contributed by atoms with Crippen LogP contribution < -0.4 is 0 Å². The molecule has 0 saturated carbocycles. The van der Waals surface area contributed by atoms with Crippen LogP contribution in [0.3, 0.4) is 0 Å². The average Bonchev–Trinajstić information content (AvgIpc) is 0.722. The first-order valence-corrected chi connectivity index (χ1v) is 4.16. The van der Waals surface area contributed by atoms with Gasteiger partial charge in [-0.2, -0.15) is 0 Å². The fraction of sp³-hybridized carbons (Fsp3) is 1.00. The molecule has 0 aromatic heterocycles. The van der Waals surface area contributed by atoms with Gasteiger partial charge in [0.15, 0.2) is 0 Å². The van der Waals surface area contributed by atoms with Crippen LogP contribution in [0.5, 0.6) is 0 Å². The molecular weight excluding hydrogens is 251 g/mol. The fourth-order valence-electron chi connectivity index (χ4n) is 0.0589. The minimum absolute atomic E-state index is 0.586. The number of hydrogen-bond donors (Lipinski definition) is 0. The van der Waals surface area contributed by atoms with Crippen LogP contribution in [0.25, 0.3) is 0 Å². The van der Waals surface area contributed by atoms with Crippen LogP contribution in [0.15, 0.2) is 0 Å². The van der Waals surface area contributed by atoms with Crippen molar-refractivity contribution < 1.29 is 5.37 Å². The van der Waals surface area contributed by atoms with E-state index in [-0.39, 0.29) is 0 Å². The summed E-state index contributed by atoms with van der Waals surface area (Å²) in [6, 6.07) is 0. The summed E-state index contributed by atoms with van der Waals surface area (Å²) in [6.45, 7) is 0.586. The van der Waals surface area contributed by atoms with Gasteiger partial charge in [0.05, 0.1) is 0 Å². The average molecular weight is 253 g/mol. The molecule has 2 nitrogen and oxygen atoms in total. The molecule has 1 saturated heterocycles. The molecule has 22 valence electrons. The Kier molecular flexibility index (Phi) is 1.01. The van der Waals surface area contributed by atoms with Crippen LogP contribution in [0.2, 0.25) is 0 Å². The molecule has 0 spiro atoms. The zero-order valence-electron chi connectivity index (χ0n) is 2.02. The van der Waals surface area contributed by atoms with Gasteiger partial charge in [-0.1, -0.05) is 0 Å². The van der Waals surface area contributed by atoms with Crippen molar-refractivity contribution in [2.24, 2.45) is 0 Å². The molecule has 1 rings (SSSR count). The molecule has 0 bridgehead atoms. The van der Waals surface area contributed by atoms with Gasteiger partial charge in [0.25, 0.3) is 0 Å². The van der Waals surface area contributed by atoms with E-state index in [1.54, 1.807) is 0 Å². The number of hydrogen-bond acceptors (Lipinski definition) is 2. The summed E-state index contributed by atoms with van der Waals surface area (Å²) in [6.07, 6.45) is 0. The summed E-state index contributed by atoms with van der Waals surface area (Å²) in [5.41, 5.74) is 0. The van der Waals surface area contributed by atoms with Crippen LogP contribution in [0.1, 0.15) is 0 Å². The van der Waals surface area contributed by atoms with Crippen LogP contribution in [0.4, 0.5) is 0 Å². The molecule has 2 radical (unpaired) electrons. The molecule has 0 aromatic rings. The minimum atomic E-state index is -0.753. The van der Waals surface area contributed by atoms with Gasteiger partial charge in [0.2, 0.25) is 0 Å². The Balaban J connectivity index is 2.00. The molecule has 0 N–H and O–H groups in total. The van der Waals surface area contributed by atoms with Crippen LogP contribution in [-0.4, -0.2) is 31.9 Å². The Bertz CT molecular complexity index is 14.0. The van der Waals surface area contributed by atoms with Crippen molar-refractivity contribution in [2.45, 2.75) is 0 Å². The normalized spacial score (nSPS) is 24.0. The second-order valence-corrected chi connectivity index (χ2v) is 3.38. The first-order chi connectivity index (χ1) is 2.00. The van der Waals surface area contributed by atoms with Crippen molar-refractivity contribution in [3.63, 3.8) is 0 Å². The van der Waals surface area contributed by atoms with Gasteiger partial charge in [0, 0.05) is 0 Å². The van der Waals surface area contributed by atoms with Crippen molar-refractivity contribution in [2.75, 3.05) is 6.79 Å². The Morgan fingerprint density at radius 2 is 1.75 bits per heavy atom. The van der Waals surface area contributed by atoms with E-state index in [2.05, 4.69) is 0 Å². The molecule has 0 aliphatic carbocycles. The van der Waals surface area contributed by atoms with Crippen LogP contribution in [-0.2, 0) is 5.37 Å². The summed E-state index contributed by atoms with van der Waals surface area (Å²) in [4.78, 5) is 0. The van der Waals surface area contributed by atoms with Crippen molar-refractivity contribution >= 4 is 25.1 Å². The molecule has 1 heterocycles. The Labute approximate surface area is 37.6 Å². The zero-order valence-corrected chi connectivity index (χ0v) is 5.91. The summed E-state index contributed by atoms with van der Waals surface area (Å²) in [5.74, 6) is 0. The molecule has 0 amide bonds. The van der Waals surface area contributed by atoms with Gasteiger partial charge in [-0.05, 0) is 0 Å². The Morgan fingerprint density at radius 3 is 1.75 bits per heavy atom. The van der Waals surface area contributed by atoms with E-state index in [0.29, 0.717) is 6.79 Å². The van der Waals surface area contributed by atoms with Gasteiger partial charge in [-0.25, -0.2) is 0 Å². The molecular formula is CH2O2Pb. The second kappa shape index (κ2) is 1.32. The first-order valence-electron chi connectivity index (χ1n) is 0.986. The topological polar surface area (TPSA) is 18.5 Å². The maximum atomic E-state index is 4.69. The van der Waals surface area contributed by atoms with Gasteiger partial charge >= 0.3 is 37.3 Å². The van der Waals surface area contributed by atoms with Crippen LogP contribution >= 0.6 is 0 Å². The van der Waals surface area contributed by atoms with Gasteiger partial charge in [-0.3, -0.25) is 0 Å². The quantitative estimate of drug-likeness (QED) is 0.543. The molecule has 0 aromatic carbocycles. The van der Waals surface area contributed by atoms with E-state index in [0.717, 1.165) is 0 Å². The molecule has 3 heteroatoms. The summed E-state index contributed by atoms with van der Waals surface area (Å²) in [7, 11) is 0. The number of rotatable bonds is 0. The maximum absolute atomic E-state index is 4.69. The standard InChI is InChI=1S/CH2O2.Pb/c2-1-3;/h1H2;/q-2;+2. The van der Waals surface area contributed by atoms with Crippen molar-refractivity contribution in [3.8, 4) is 0 Å².